The van der Waals surface area contributed by atoms with E-state index >= 15 is 0 Å². The third-order valence-corrected chi connectivity index (χ3v) is 2.27. The second kappa shape index (κ2) is 3.42. The highest BCUT2D eigenvalue weighted by Gasteiger charge is 2.32. The second-order valence-corrected chi connectivity index (χ2v) is 4.26. The average molecular weight is 223 g/mol. The quantitative estimate of drug-likeness (QED) is 0.635. The fourth-order valence-electron chi connectivity index (χ4n) is 1.50. The Kier molecular flexibility index (Phi) is 2.95. The van der Waals surface area contributed by atoms with Crippen LogP contribution in [-0.2, 0) is 9.47 Å². The summed E-state index contributed by atoms with van der Waals surface area (Å²) in [5.41, 5.74) is -0.0316. The van der Waals surface area contributed by atoms with E-state index in [1.807, 2.05) is 0 Å². The van der Waals surface area contributed by atoms with Crippen molar-refractivity contribution in [2.45, 2.75) is 45.2 Å². The highest BCUT2D eigenvalue weighted by atomic mass is 79.9. The highest BCUT2D eigenvalue weighted by molar-refractivity contribution is 9.09. The third kappa shape index (κ3) is 2.73. The van der Waals surface area contributed by atoms with Crippen LogP contribution in [0.15, 0.2) is 0 Å². The molecule has 1 rings (SSSR count). The Morgan fingerprint density at radius 1 is 1.55 bits per heavy atom. The largest absolute Gasteiger partial charge is 0.349 e. The number of hydrogen-bond acceptors (Lipinski definition) is 2. The second-order valence-electron chi connectivity index (χ2n) is 3.61. The fourth-order valence-corrected chi connectivity index (χ4v) is 1.78. The van der Waals surface area contributed by atoms with E-state index in [1.54, 1.807) is 0 Å². The SMILES string of the molecule is CC1CC(C)(C)OC(CBr)O1. The summed E-state index contributed by atoms with van der Waals surface area (Å²) >= 11 is 3.34. The molecule has 0 saturated carbocycles. The van der Waals surface area contributed by atoms with E-state index in [0.29, 0.717) is 6.10 Å². The summed E-state index contributed by atoms with van der Waals surface area (Å²) in [6.45, 7) is 6.28. The molecule has 1 heterocycles. The van der Waals surface area contributed by atoms with E-state index in [-0.39, 0.29) is 11.9 Å². The van der Waals surface area contributed by atoms with E-state index in [1.165, 1.54) is 0 Å². The maximum Gasteiger partial charge on any atom is 0.168 e. The molecule has 3 heteroatoms. The molecule has 2 nitrogen and oxygen atoms in total. The predicted octanol–water partition coefficient (Wildman–Crippen LogP) is 2.31. The molecule has 0 bridgehead atoms. The maximum absolute atomic E-state index is 5.62. The van der Waals surface area contributed by atoms with Crippen LogP contribution >= 0.6 is 15.9 Å². The standard InChI is InChI=1S/C8H15BrO2/c1-6-4-8(2,3)11-7(5-9)10-6/h6-7H,4-5H2,1-3H3. The van der Waals surface area contributed by atoms with Gasteiger partial charge in [-0.1, -0.05) is 15.9 Å². The first-order valence-corrected chi connectivity index (χ1v) is 5.05. The van der Waals surface area contributed by atoms with Crippen molar-refractivity contribution in [1.82, 2.24) is 0 Å². The van der Waals surface area contributed by atoms with E-state index in [4.69, 9.17) is 9.47 Å². The van der Waals surface area contributed by atoms with Crippen LogP contribution in [0.3, 0.4) is 0 Å². The minimum Gasteiger partial charge on any atom is -0.349 e. The van der Waals surface area contributed by atoms with Gasteiger partial charge in [0.05, 0.1) is 17.0 Å². The topological polar surface area (TPSA) is 18.5 Å². The van der Waals surface area contributed by atoms with Crippen LogP contribution in [0.4, 0.5) is 0 Å². The monoisotopic (exact) mass is 222 g/mol. The van der Waals surface area contributed by atoms with Gasteiger partial charge in [-0.2, -0.15) is 0 Å². The predicted molar refractivity (Wildman–Crippen MR) is 47.9 cm³/mol. The Balaban J connectivity index is 2.51. The van der Waals surface area contributed by atoms with Crippen molar-refractivity contribution >= 4 is 15.9 Å². The first-order valence-electron chi connectivity index (χ1n) is 3.93. The molecule has 0 spiro atoms. The smallest absolute Gasteiger partial charge is 0.168 e. The maximum atomic E-state index is 5.62. The van der Waals surface area contributed by atoms with Gasteiger partial charge in [0.2, 0.25) is 0 Å². The molecular weight excluding hydrogens is 208 g/mol. The average Bonchev–Trinajstić information content (AvgIpc) is 1.83. The van der Waals surface area contributed by atoms with Crippen LogP contribution in [0.1, 0.15) is 27.2 Å². The molecule has 11 heavy (non-hydrogen) atoms. The molecule has 1 aliphatic heterocycles. The summed E-state index contributed by atoms with van der Waals surface area (Å²) in [4.78, 5) is 0. The lowest BCUT2D eigenvalue weighted by atomic mass is 10.0. The molecule has 0 amide bonds. The van der Waals surface area contributed by atoms with Gasteiger partial charge < -0.3 is 9.47 Å². The Morgan fingerprint density at radius 3 is 2.64 bits per heavy atom. The van der Waals surface area contributed by atoms with E-state index in [2.05, 4.69) is 36.7 Å². The Labute approximate surface area is 76.4 Å². The van der Waals surface area contributed by atoms with Crippen LogP contribution < -0.4 is 0 Å². The summed E-state index contributed by atoms with van der Waals surface area (Å²) in [6, 6.07) is 0. The fraction of sp³-hybridized carbons (Fsp3) is 1.00. The van der Waals surface area contributed by atoms with Gasteiger partial charge in [0.15, 0.2) is 6.29 Å². The van der Waals surface area contributed by atoms with Gasteiger partial charge in [-0.15, -0.1) is 0 Å². The number of halogens is 1. The van der Waals surface area contributed by atoms with E-state index in [0.717, 1.165) is 11.8 Å². The van der Waals surface area contributed by atoms with E-state index < -0.39 is 0 Å². The zero-order valence-corrected chi connectivity index (χ0v) is 8.85. The van der Waals surface area contributed by atoms with Crippen LogP contribution in [0, 0.1) is 0 Å². The molecule has 0 aromatic rings. The molecule has 66 valence electrons. The lowest BCUT2D eigenvalue weighted by Crippen LogP contribution is -2.43. The summed E-state index contributed by atoms with van der Waals surface area (Å²) < 4.78 is 11.1. The molecule has 0 aromatic heterocycles. The molecule has 1 fully saturated rings. The molecule has 1 aliphatic rings. The Hall–Kier alpha value is 0.400. The van der Waals surface area contributed by atoms with Crippen molar-refractivity contribution in [1.29, 1.82) is 0 Å². The number of rotatable bonds is 1. The molecule has 0 N–H and O–H groups in total. The summed E-state index contributed by atoms with van der Waals surface area (Å²) in [7, 11) is 0. The minimum atomic E-state index is -0.0752. The zero-order chi connectivity index (χ0) is 8.48. The van der Waals surface area contributed by atoms with Crippen LogP contribution in [0.5, 0.6) is 0 Å². The van der Waals surface area contributed by atoms with Crippen molar-refractivity contribution in [2.24, 2.45) is 0 Å². The van der Waals surface area contributed by atoms with Crippen molar-refractivity contribution in [3.63, 3.8) is 0 Å². The first kappa shape index (κ1) is 9.49. The minimum absolute atomic E-state index is 0.0316. The molecule has 0 radical (unpaired) electrons. The number of ether oxygens (including phenoxy) is 2. The van der Waals surface area contributed by atoms with E-state index in [9.17, 15) is 0 Å². The van der Waals surface area contributed by atoms with Crippen LogP contribution in [0.25, 0.3) is 0 Å². The summed E-state index contributed by atoms with van der Waals surface area (Å²) in [6.07, 6.45) is 1.20. The summed E-state index contributed by atoms with van der Waals surface area (Å²) in [5, 5.41) is 0.751. The van der Waals surface area contributed by atoms with Crippen LogP contribution in [-0.4, -0.2) is 23.3 Å². The van der Waals surface area contributed by atoms with Crippen LogP contribution in [0.2, 0.25) is 0 Å². The lowest BCUT2D eigenvalue weighted by molar-refractivity contribution is -0.257. The lowest BCUT2D eigenvalue weighted by Gasteiger charge is -2.38. The van der Waals surface area contributed by atoms with Gasteiger partial charge in [-0.3, -0.25) is 0 Å². The van der Waals surface area contributed by atoms with Gasteiger partial charge in [0.1, 0.15) is 0 Å². The number of hydrogen-bond donors (Lipinski definition) is 0. The molecule has 0 aromatic carbocycles. The Bertz CT molecular complexity index is 136. The van der Waals surface area contributed by atoms with Gasteiger partial charge >= 0.3 is 0 Å². The molecule has 0 aliphatic carbocycles. The van der Waals surface area contributed by atoms with Gasteiger partial charge in [0, 0.05) is 6.42 Å². The van der Waals surface area contributed by atoms with Crippen molar-refractivity contribution in [3.05, 3.63) is 0 Å². The van der Waals surface area contributed by atoms with Crippen molar-refractivity contribution < 1.29 is 9.47 Å². The van der Waals surface area contributed by atoms with Gasteiger partial charge in [0.25, 0.3) is 0 Å². The van der Waals surface area contributed by atoms with Gasteiger partial charge in [-0.25, -0.2) is 0 Å². The number of alkyl halides is 1. The normalized spacial score (nSPS) is 37.1. The zero-order valence-electron chi connectivity index (χ0n) is 7.26. The third-order valence-electron chi connectivity index (χ3n) is 1.74. The van der Waals surface area contributed by atoms with Crippen molar-refractivity contribution in [2.75, 3.05) is 5.33 Å². The molecule has 2 atom stereocenters. The van der Waals surface area contributed by atoms with Gasteiger partial charge in [-0.05, 0) is 20.8 Å². The highest BCUT2D eigenvalue weighted by Crippen LogP contribution is 2.27. The molecule has 1 saturated heterocycles. The summed E-state index contributed by atoms with van der Waals surface area (Å²) in [5.74, 6) is 0. The van der Waals surface area contributed by atoms with Crippen molar-refractivity contribution in [3.8, 4) is 0 Å². The Morgan fingerprint density at radius 2 is 2.18 bits per heavy atom. The molecular formula is C8H15BrO2. The first-order chi connectivity index (χ1) is 5.03. The molecule has 2 unspecified atom stereocenters.